The maximum absolute atomic E-state index is 6.45. The second kappa shape index (κ2) is 4.77. The fraction of sp³-hybridized carbons (Fsp3) is 0.846. The Morgan fingerprint density at radius 2 is 2.35 bits per heavy atom. The fourth-order valence-electron chi connectivity index (χ4n) is 3.13. The van der Waals surface area contributed by atoms with Crippen LogP contribution in [0.1, 0.15) is 58.2 Å². The minimum Gasteiger partial charge on any atom is -0.322 e. The molecule has 17 heavy (non-hydrogen) atoms. The molecular formula is C13H24N4. The highest BCUT2D eigenvalue weighted by molar-refractivity contribution is 5.07. The number of aromatic nitrogens is 3. The zero-order valence-electron chi connectivity index (χ0n) is 11.2. The SMILES string of the molecule is CCCn1nncc1C(N)C1CCCC1(C)C. The first-order chi connectivity index (χ1) is 8.06. The predicted molar refractivity (Wildman–Crippen MR) is 68.4 cm³/mol. The summed E-state index contributed by atoms with van der Waals surface area (Å²) in [6.45, 7) is 7.73. The van der Waals surface area contributed by atoms with Crippen molar-refractivity contribution in [3.05, 3.63) is 11.9 Å². The van der Waals surface area contributed by atoms with Crippen molar-refractivity contribution < 1.29 is 0 Å². The van der Waals surface area contributed by atoms with E-state index in [-0.39, 0.29) is 6.04 Å². The molecule has 1 fully saturated rings. The lowest BCUT2D eigenvalue weighted by Crippen LogP contribution is -2.31. The zero-order valence-corrected chi connectivity index (χ0v) is 11.2. The van der Waals surface area contributed by atoms with E-state index in [9.17, 15) is 0 Å². The van der Waals surface area contributed by atoms with E-state index in [1.807, 2.05) is 10.9 Å². The molecule has 0 radical (unpaired) electrons. The molecule has 1 aliphatic rings. The molecule has 1 saturated carbocycles. The molecule has 0 saturated heterocycles. The molecule has 0 bridgehead atoms. The summed E-state index contributed by atoms with van der Waals surface area (Å²) < 4.78 is 1.97. The lowest BCUT2D eigenvalue weighted by Gasteiger charge is -2.31. The van der Waals surface area contributed by atoms with Gasteiger partial charge in [-0.2, -0.15) is 0 Å². The van der Waals surface area contributed by atoms with Gasteiger partial charge in [-0.25, -0.2) is 4.68 Å². The standard InChI is InChI=1S/C13H24N4/c1-4-8-17-11(9-15-16-17)12(14)10-6-5-7-13(10,2)3/h9-10,12H,4-8,14H2,1-3H3. The highest BCUT2D eigenvalue weighted by Gasteiger charge is 2.39. The van der Waals surface area contributed by atoms with Crippen LogP contribution in [-0.2, 0) is 6.54 Å². The van der Waals surface area contributed by atoms with Gasteiger partial charge in [0.15, 0.2) is 0 Å². The van der Waals surface area contributed by atoms with E-state index >= 15 is 0 Å². The molecule has 0 aromatic carbocycles. The van der Waals surface area contributed by atoms with E-state index in [1.165, 1.54) is 19.3 Å². The smallest absolute Gasteiger partial charge is 0.0757 e. The zero-order chi connectivity index (χ0) is 12.5. The second-order valence-corrected chi connectivity index (χ2v) is 5.90. The van der Waals surface area contributed by atoms with E-state index in [1.54, 1.807) is 0 Å². The monoisotopic (exact) mass is 236 g/mol. The average molecular weight is 236 g/mol. The van der Waals surface area contributed by atoms with Crippen LogP contribution >= 0.6 is 0 Å². The number of hydrogen-bond donors (Lipinski definition) is 1. The molecule has 2 N–H and O–H groups in total. The van der Waals surface area contributed by atoms with Crippen molar-refractivity contribution in [3.8, 4) is 0 Å². The molecule has 4 heteroatoms. The first-order valence-corrected chi connectivity index (χ1v) is 6.70. The quantitative estimate of drug-likeness (QED) is 0.874. The van der Waals surface area contributed by atoms with Gasteiger partial charge >= 0.3 is 0 Å². The maximum atomic E-state index is 6.45. The topological polar surface area (TPSA) is 56.7 Å². The predicted octanol–water partition coefficient (Wildman–Crippen LogP) is 2.51. The third kappa shape index (κ3) is 2.37. The minimum absolute atomic E-state index is 0.0778. The van der Waals surface area contributed by atoms with Gasteiger partial charge in [-0.3, -0.25) is 0 Å². The summed E-state index contributed by atoms with van der Waals surface area (Å²) >= 11 is 0. The van der Waals surface area contributed by atoms with E-state index in [2.05, 4.69) is 31.1 Å². The van der Waals surface area contributed by atoms with Gasteiger partial charge in [-0.05, 0) is 30.6 Å². The van der Waals surface area contributed by atoms with Crippen LogP contribution in [0.3, 0.4) is 0 Å². The molecule has 2 atom stereocenters. The van der Waals surface area contributed by atoms with Crippen LogP contribution in [0.25, 0.3) is 0 Å². The Labute approximate surface area is 104 Å². The molecule has 2 unspecified atom stereocenters. The summed E-state index contributed by atoms with van der Waals surface area (Å²) in [5, 5.41) is 8.15. The van der Waals surface area contributed by atoms with Gasteiger partial charge in [-0.1, -0.05) is 32.4 Å². The van der Waals surface area contributed by atoms with Crippen LogP contribution in [0.5, 0.6) is 0 Å². The lowest BCUT2D eigenvalue weighted by molar-refractivity contribution is 0.216. The van der Waals surface area contributed by atoms with Gasteiger partial charge in [0.2, 0.25) is 0 Å². The minimum atomic E-state index is 0.0778. The van der Waals surface area contributed by atoms with Crippen molar-refractivity contribution in [2.24, 2.45) is 17.1 Å². The molecule has 96 valence electrons. The van der Waals surface area contributed by atoms with Gasteiger partial charge < -0.3 is 5.73 Å². The first-order valence-electron chi connectivity index (χ1n) is 6.70. The van der Waals surface area contributed by atoms with Crippen LogP contribution in [0.15, 0.2) is 6.20 Å². The number of aryl methyl sites for hydroxylation is 1. The molecule has 2 rings (SSSR count). The molecule has 1 heterocycles. The summed E-state index contributed by atoms with van der Waals surface area (Å²) in [6, 6.07) is 0.0778. The van der Waals surface area contributed by atoms with Crippen molar-refractivity contribution >= 4 is 0 Å². The summed E-state index contributed by atoms with van der Waals surface area (Å²) in [5.41, 5.74) is 7.90. The Bertz CT molecular complexity index is 369. The Kier molecular flexibility index (Phi) is 3.52. The van der Waals surface area contributed by atoms with Crippen molar-refractivity contribution in [3.63, 3.8) is 0 Å². The summed E-state index contributed by atoms with van der Waals surface area (Å²) in [6.07, 6.45) is 6.71. The van der Waals surface area contributed by atoms with Crippen molar-refractivity contribution in [2.45, 2.75) is 59.0 Å². The fourth-order valence-corrected chi connectivity index (χ4v) is 3.13. The van der Waals surface area contributed by atoms with Crippen molar-refractivity contribution in [1.29, 1.82) is 0 Å². The van der Waals surface area contributed by atoms with Crippen LogP contribution in [0, 0.1) is 11.3 Å². The molecule has 1 aromatic heterocycles. The number of rotatable bonds is 4. The van der Waals surface area contributed by atoms with Gasteiger partial charge in [0.25, 0.3) is 0 Å². The molecule has 0 amide bonds. The van der Waals surface area contributed by atoms with Crippen LogP contribution < -0.4 is 5.73 Å². The van der Waals surface area contributed by atoms with Crippen LogP contribution in [0.2, 0.25) is 0 Å². The molecule has 4 nitrogen and oxygen atoms in total. The molecular weight excluding hydrogens is 212 g/mol. The summed E-state index contributed by atoms with van der Waals surface area (Å²) in [5.74, 6) is 0.552. The summed E-state index contributed by atoms with van der Waals surface area (Å²) in [7, 11) is 0. The first kappa shape index (κ1) is 12.6. The molecule has 1 aromatic rings. The van der Waals surface area contributed by atoms with Crippen LogP contribution in [-0.4, -0.2) is 15.0 Å². The van der Waals surface area contributed by atoms with Gasteiger partial charge in [0.1, 0.15) is 0 Å². The van der Waals surface area contributed by atoms with E-state index in [0.29, 0.717) is 11.3 Å². The highest BCUT2D eigenvalue weighted by atomic mass is 15.4. The molecule has 0 aliphatic heterocycles. The van der Waals surface area contributed by atoms with E-state index < -0.39 is 0 Å². The summed E-state index contributed by atoms with van der Waals surface area (Å²) in [4.78, 5) is 0. The van der Waals surface area contributed by atoms with Gasteiger partial charge in [0, 0.05) is 6.54 Å². The third-order valence-electron chi connectivity index (χ3n) is 4.20. The average Bonchev–Trinajstić information content (AvgIpc) is 2.84. The second-order valence-electron chi connectivity index (χ2n) is 5.90. The molecule has 0 spiro atoms. The van der Waals surface area contributed by atoms with E-state index in [0.717, 1.165) is 18.7 Å². The van der Waals surface area contributed by atoms with Crippen LogP contribution in [0.4, 0.5) is 0 Å². The normalized spacial score (nSPS) is 25.1. The van der Waals surface area contributed by atoms with Crippen molar-refractivity contribution in [1.82, 2.24) is 15.0 Å². The molecule has 1 aliphatic carbocycles. The Hall–Kier alpha value is -0.900. The van der Waals surface area contributed by atoms with Crippen molar-refractivity contribution in [2.75, 3.05) is 0 Å². The Balaban J connectivity index is 2.18. The van der Waals surface area contributed by atoms with E-state index in [4.69, 9.17) is 5.73 Å². The largest absolute Gasteiger partial charge is 0.322 e. The lowest BCUT2D eigenvalue weighted by atomic mass is 9.77. The van der Waals surface area contributed by atoms with Gasteiger partial charge in [0.05, 0.1) is 17.9 Å². The Morgan fingerprint density at radius 1 is 1.59 bits per heavy atom. The highest BCUT2D eigenvalue weighted by Crippen LogP contribution is 2.47. The Morgan fingerprint density at radius 3 is 2.94 bits per heavy atom. The maximum Gasteiger partial charge on any atom is 0.0757 e. The number of nitrogens with two attached hydrogens (primary N) is 1. The van der Waals surface area contributed by atoms with Gasteiger partial charge in [-0.15, -0.1) is 5.10 Å². The number of nitrogens with zero attached hydrogens (tertiary/aromatic N) is 3. The number of hydrogen-bond acceptors (Lipinski definition) is 3. The third-order valence-corrected chi connectivity index (χ3v) is 4.20.